The second-order valence-corrected chi connectivity index (χ2v) is 5.49. The number of aliphatic hydroxyl groups is 1. The third kappa shape index (κ3) is 6.56. The fraction of sp³-hybridized carbons (Fsp3) is 0.923. The zero-order chi connectivity index (χ0) is 15.2. The third-order valence-electron chi connectivity index (χ3n) is 3.40. The summed E-state index contributed by atoms with van der Waals surface area (Å²) in [5.41, 5.74) is 0. The summed E-state index contributed by atoms with van der Waals surface area (Å²) in [4.78, 5) is 14.8. The van der Waals surface area contributed by atoms with Gasteiger partial charge in [0.15, 0.2) is 0 Å². The predicted octanol–water partition coefficient (Wildman–Crippen LogP) is 1.49. The van der Waals surface area contributed by atoms with Crippen LogP contribution in [0.1, 0.15) is 26.2 Å². The van der Waals surface area contributed by atoms with Crippen LogP contribution < -0.4 is 0 Å². The van der Waals surface area contributed by atoms with E-state index in [1.165, 1.54) is 0 Å². The van der Waals surface area contributed by atoms with Crippen molar-refractivity contribution < 1.29 is 23.1 Å². The Morgan fingerprint density at radius 1 is 1.45 bits per heavy atom. The lowest BCUT2D eigenvalue weighted by atomic mass is 10.0. The highest BCUT2D eigenvalue weighted by atomic mass is 19.4. The first-order valence-corrected chi connectivity index (χ1v) is 6.99. The minimum Gasteiger partial charge on any atom is -0.396 e. The lowest BCUT2D eigenvalue weighted by Crippen LogP contribution is -2.47. The first-order valence-electron chi connectivity index (χ1n) is 6.99. The molecule has 1 N–H and O–H groups in total. The molecule has 20 heavy (non-hydrogen) atoms. The Kier molecular flexibility index (Phi) is 6.75. The smallest absolute Gasteiger partial charge is 0.396 e. The second-order valence-electron chi connectivity index (χ2n) is 5.49. The van der Waals surface area contributed by atoms with E-state index < -0.39 is 12.7 Å². The number of hydrogen-bond donors (Lipinski definition) is 1. The molecule has 0 aromatic heterocycles. The average Bonchev–Trinajstić information content (AvgIpc) is 2.34. The number of carbonyl (C=O) groups is 1. The highest BCUT2D eigenvalue weighted by molar-refractivity contribution is 5.78. The van der Waals surface area contributed by atoms with Crippen molar-refractivity contribution in [3.8, 4) is 0 Å². The molecule has 4 nitrogen and oxygen atoms in total. The number of carbonyl (C=O) groups excluding carboxylic acids is 1. The number of piperidine rings is 1. The topological polar surface area (TPSA) is 43.8 Å². The summed E-state index contributed by atoms with van der Waals surface area (Å²) in [6.07, 6.45) is -2.13. The van der Waals surface area contributed by atoms with Crippen molar-refractivity contribution >= 4 is 5.91 Å². The lowest BCUT2D eigenvalue weighted by molar-refractivity contribution is -0.152. The predicted molar refractivity (Wildman–Crippen MR) is 69.2 cm³/mol. The van der Waals surface area contributed by atoms with E-state index in [0.717, 1.165) is 17.7 Å². The van der Waals surface area contributed by atoms with Crippen LogP contribution in [0.2, 0.25) is 0 Å². The molecule has 1 amide bonds. The lowest BCUT2D eigenvalue weighted by Gasteiger charge is -2.33. The third-order valence-corrected chi connectivity index (χ3v) is 3.40. The Balaban J connectivity index is 2.51. The minimum absolute atomic E-state index is 0.0745. The normalized spacial score (nSPS) is 20.5. The van der Waals surface area contributed by atoms with E-state index in [-0.39, 0.29) is 32.0 Å². The van der Waals surface area contributed by atoms with Gasteiger partial charge in [0.1, 0.15) is 0 Å². The van der Waals surface area contributed by atoms with Crippen molar-refractivity contribution in [1.82, 2.24) is 9.80 Å². The Morgan fingerprint density at radius 3 is 2.70 bits per heavy atom. The minimum atomic E-state index is -4.33. The molecule has 0 bridgehead atoms. The summed E-state index contributed by atoms with van der Waals surface area (Å²) in [7, 11) is 0. The number of alkyl halides is 3. The highest BCUT2D eigenvalue weighted by Crippen LogP contribution is 2.18. The van der Waals surface area contributed by atoms with E-state index >= 15 is 0 Å². The molecule has 1 rings (SSSR count). The Bertz CT molecular complexity index is 310. The quantitative estimate of drug-likeness (QED) is 0.807. The van der Waals surface area contributed by atoms with Gasteiger partial charge >= 0.3 is 6.18 Å². The van der Waals surface area contributed by atoms with E-state index in [0.29, 0.717) is 19.0 Å². The first kappa shape index (κ1) is 17.2. The number of aliphatic hydroxyl groups excluding tert-OH is 1. The second kappa shape index (κ2) is 7.83. The van der Waals surface area contributed by atoms with Crippen LogP contribution in [0.4, 0.5) is 13.2 Å². The van der Waals surface area contributed by atoms with E-state index in [4.69, 9.17) is 5.11 Å². The van der Waals surface area contributed by atoms with Gasteiger partial charge < -0.3 is 10.0 Å². The summed E-state index contributed by atoms with van der Waals surface area (Å²) in [5.74, 6) is 0.153. The van der Waals surface area contributed by atoms with Crippen LogP contribution in [0.15, 0.2) is 0 Å². The maximum atomic E-state index is 12.5. The van der Waals surface area contributed by atoms with Gasteiger partial charge in [-0.3, -0.25) is 9.69 Å². The summed E-state index contributed by atoms with van der Waals surface area (Å²) in [6.45, 7) is 1.85. The molecule has 1 aliphatic rings. The maximum Gasteiger partial charge on any atom is 0.401 e. The monoisotopic (exact) mass is 296 g/mol. The van der Waals surface area contributed by atoms with Crippen molar-refractivity contribution in [2.24, 2.45) is 5.92 Å². The molecule has 0 aromatic rings. The molecule has 1 atom stereocenters. The largest absolute Gasteiger partial charge is 0.401 e. The molecule has 7 heteroatoms. The fourth-order valence-corrected chi connectivity index (χ4v) is 2.47. The van der Waals surface area contributed by atoms with Crippen molar-refractivity contribution in [2.45, 2.75) is 32.4 Å². The molecule has 0 radical (unpaired) electrons. The highest BCUT2D eigenvalue weighted by Gasteiger charge is 2.32. The maximum absolute atomic E-state index is 12.5. The molecule has 118 valence electrons. The zero-order valence-corrected chi connectivity index (χ0v) is 11.8. The van der Waals surface area contributed by atoms with Gasteiger partial charge in [-0.15, -0.1) is 0 Å². The molecule has 1 heterocycles. The van der Waals surface area contributed by atoms with Crippen LogP contribution in [0.3, 0.4) is 0 Å². The summed E-state index contributed by atoms with van der Waals surface area (Å²) < 4.78 is 37.4. The molecular formula is C13H23F3N2O2. The van der Waals surface area contributed by atoms with E-state index in [1.807, 2.05) is 6.92 Å². The van der Waals surface area contributed by atoms with Crippen LogP contribution in [-0.2, 0) is 4.79 Å². The number of rotatable bonds is 6. The van der Waals surface area contributed by atoms with Gasteiger partial charge in [0.05, 0.1) is 13.1 Å². The van der Waals surface area contributed by atoms with Crippen LogP contribution in [-0.4, -0.2) is 66.3 Å². The van der Waals surface area contributed by atoms with Crippen LogP contribution >= 0.6 is 0 Å². The first-order chi connectivity index (χ1) is 9.31. The number of amides is 1. The van der Waals surface area contributed by atoms with Crippen molar-refractivity contribution in [3.63, 3.8) is 0 Å². The van der Waals surface area contributed by atoms with E-state index in [2.05, 4.69) is 0 Å². The molecule has 0 saturated carbocycles. The van der Waals surface area contributed by atoms with Gasteiger partial charge in [-0.05, 0) is 25.2 Å². The summed E-state index contributed by atoms with van der Waals surface area (Å²) >= 11 is 0. The Labute approximate surface area is 117 Å². The standard InChI is InChI=1S/C13H23F3N2O2/c1-11-4-2-6-18(8-11)12(20)9-17(5-3-7-19)10-13(14,15)16/h11,19H,2-10H2,1H3. The van der Waals surface area contributed by atoms with Gasteiger partial charge in [-0.1, -0.05) is 6.92 Å². The van der Waals surface area contributed by atoms with Gasteiger partial charge in [-0.25, -0.2) is 0 Å². The van der Waals surface area contributed by atoms with Crippen molar-refractivity contribution in [1.29, 1.82) is 0 Å². The molecule has 0 aliphatic carbocycles. The van der Waals surface area contributed by atoms with Gasteiger partial charge in [0, 0.05) is 26.2 Å². The molecule has 0 aromatic carbocycles. The average molecular weight is 296 g/mol. The van der Waals surface area contributed by atoms with Crippen molar-refractivity contribution in [2.75, 3.05) is 39.3 Å². The van der Waals surface area contributed by atoms with Crippen LogP contribution in [0, 0.1) is 5.92 Å². The number of likely N-dealkylation sites (tertiary alicyclic amines) is 1. The fourth-order valence-electron chi connectivity index (χ4n) is 2.47. The Morgan fingerprint density at radius 2 is 2.15 bits per heavy atom. The van der Waals surface area contributed by atoms with Gasteiger partial charge in [0.2, 0.25) is 5.91 Å². The molecule has 1 aliphatic heterocycles. The Hall–Kier alpha value is -0.820. The van der Waals surface area contributed by atoms with Crippen LogP contribution in [0.5, 0.6) is 0 Å². The van der Waals surface area contributed by atoms with Crippen molar-refractivity contribution in [3.05, 3.63) is 0 Å². The van der Waals surface area contributed by atoms with E-state index in [1.54, 1.807) is 4.90 Å². The van der Waals surface area contributed by atoms with Gasteiger partial charge in [0.25, 0.3) is 0 Å². The molecule has 1 saturated heterocycles. The molecule has 1 fully saturated rings. The van der Waals surface area contributed by atoms with E-state index in [9.17, 15) is 18.0 Å². The van der Waals surface area contributed by atoms with Crippen LogP contribution in [0.25, 0.3) is 0 Å². The molecule has 0 spiro atoms. The summed E-state index contributed by atoms with van der Waals surface area (Å²) in [6, 6.07) is 0. The number of nitrogens with zero attached hydrogens (tertiary/aromatic N) is 2. The molecular weight excluding hydrogens is 273 g/mol. The SMILES string of the molecule is CC1CCCN(C(=O)CN(CCCO)CC(F)(F)F)C1. The molecule has 1 unspecified atom stereocenters. The number of hydrogen-bond acceptors (Lipinski definition) is 3. The number of halogens is 3. The zero-order valence-electron chi connectivity index (χ0n) is 11.8. The van der Waals surface area contributed by atoms with Gasteiger partial charge in [-0.2, -0.15) is 13.2 Å². The summed E-state index contributed by atoms with van der Waals surface area (Å²) in [5, 5.41) is 8.73.